The molecule has 17 heavy (non-hydrogen) atoms. The molecule has 1 aromatic rings. The third kappa shape index (κ3) is 3.85. The predicted octanol–water partition coefficient (Wildman–Crippen LogP) is 3.71. The van der Waals surface area contributed by atoms with Crippen molar-refractivity contribution < 1.29 is 0 Å². The summed E-state index contributed by atoms with van der Waals surface area (Å²) in [5, 5.41) is 3.69. The van der Waals surface area contributed by atoms with E-state index in [1.165, 1.54) is 36.8 Å². The molecule has 2 rings (SSSR count). The molecule has 1 atom stereocenters. The van der Waals surface area contributed by atoms with Crippen molar-refractivity contribution in [3.8, 4) is 0 Å². The highest BCUT2D eigenvalue weighted by Crippen LogP contribution is 2.27. The Morgan fingerprint density at radius 1 is 1.29 bits per heavy atom. The maximum atomic E-state index is 3.69. The van der Waals surface area contributed by atoms with Crippen molar-refractivity contribution >= 4 is 0 Å². The molecule has 0 spiro atoms. The SMILES string of the molecule is Cc1cccc(CCNC(C)C2CCCC2)c1. The lowest BCUT2D eigenvalue weighted by Crippen LogP contribution is -2.33. The molecule has 1 heteroatoms. The Hall–Kier alpha value is -0.820. The zero-order valence-electron chi connectivity index (χ0n) is 11.2. The fraction of sp³-hybridized carbons (Fsp3) is 0.625. The highest BCUT2D eigenvalue weighted by atomic mass is 14.9. The summed E-state index contributed by atoms with van der Waals surface area (Å²) in [5.41, 5.74) is 2.82. The highest BCUT2D eigenvalue weighted by Gasteiger charge is 2.20. The van der Waals surface area contributed by atoms with Gasteiger partial charge in [0.05, 0.1) is 0 Å². The van der Waals surface area contributed by atoms with Gasteiger partial charge >= 0.3 is 0 Å². The molecule has 1 N–H and O–H groups in total. The van der Waals surface area contributed by atoms with Gasteiger partial charge in [-0.05, 0) is 51.1 Å². The Balaban J connectivity index is 1.71. The van der Waals surface area contributed by atoms with E-state index in [2.05, 4.69) is 43.4 Å². The molecule has 0 bridgehead atoms. The first-order chi connectivity index (χ1) is 8.25. The minimum atomic E-state index is 0.697. The van der Waals surface area contributed by atoms with Crippen LogP contribution in [0.2, 0.25) is 0 Å². The summed E-state index contributed by atoms with van der Waals surface area (Å²) in [6, 6.07) is 9.54. The summed E-state index contributed by atoms with van der Waals surface area (Å²) in [6.07, 6.45) is 6.89. The summed E-state index contributed by atoms with van der Waals surface area (Å²) < 4.78 is 0. The van der Waals surface area contributed by atoms with Crippen LogP contribution in [0.4, 0.5) is 0 Å². The molecular formula is C16H25N. The molecule has 1 aliphatic carbocycles. The van der Waals surface area contributed by atoms with Gasteiger partial charge in [-0.3, -0.25) is 0 Å². The van der Waals surface area contributed by atoms with E-state index in [0.717, 1.165) is 18.9 Å². The molecule has 0 aliphatic heterocycles. The van der Waals surface area contributed by atoms with Gasteiger partial charge in [0, 0.05) is 6.04 Å². The van der Waals surface area contributed by atoms with Crippen LogP contribution in [-0.4, -0.2) is 12.6 Å². The monoisotopic (exact) mass is 231 g/mol. The quantitative estimate of drug-likeness (QED) is 0.814. The van der Waals surface area contributed by atoms with E-state index in [-0.39, 0.29) is 0 Å². The smallest absolute Gasteiger partial charge is 0.00671 e. The fourth-order valence-electron chi connectivity index (χ4n) is 2.94. The summed E-state index contributed by atoms with van der Waals surface area (Å²) in [6.45, 7) is 5.63. The number of benzene rings is 1. The Kier molecular flexibility index (Phi) is 4.61. The lowest BCUT2D eigenvalue weighted by Gasteiger charge is -2.20. The van der Waals surface area contributed by atoms with E-state index in [9.17, 15) is 0 Å². The van der Waals surface area contributed by atoms with Crippen LogP contribution in [0.25, 0.3) is 0 Å². The van der Waals surface area contributed by atoms with Gasteiger partial charge in [0.2, 0.25) is 0 Å². The molecule has 0 amide bonds. The minimum Gasteiger partial charge on any atom is -0.314 e. The molecule has 0 heterocycles. The van der Waals surface area contributed by atoms with Crippen LogP contribution in [-0.2, 0) is 6.42 Å². The zero-order chi connectivity index (χ0) is 12.1. The molecule has 1 aliphatic rings. The number of hydrogen-bond donors (Lipinski definition) is 1. The van der Waals surface area contributed by atoms with Gasteiger partial charge in [-0.15, -0.1) is 0 Å². The van der Waals surface area contributed by atoms with Crippen LogP contribution in [0.3, 0.4) is 0 Å². The lowest BCUT2D eigenvalue weighted by molar-refractivity contribution is 0.384. The van der Waals surface area contributed by atoms with Gasteiger partial charge in [-0.2, -0.15) is 0 Å². The van der Waals surface area contributed by atoms with Crippen LogP contribution in [0.15, 0.2) is 24.3 Å². The van der Waals surface area contributed by atoms with Crippen LogP contribution in [0.5, 0.6) is 0 Å². The fourth-order valence-corrected chi connectivity index (χ4v) is 2.94. The highest BCUT2D eigenvalue weighted by molar-refractivity contribution is 5.22. The number of nitrogens with one attached hydrogen (secondary N) is 1. The van der Waals surface area contributed by atoms with Gasteiger partial charge in [-0.25, -0.2) is 0 Å². The Bertz CT molecular complexity index is 339. The first-order valence-electron chi connectivity index (χ1n) is 7.04. The maximum absolute atomic E-state index is 3.69. The van der Waals surface area contributed by atoms with E-state index >= 15 is 0 Å². The molecule has 0 aromatic heterocycles. The summed E-state index contributed by atoms with van der Waals surface area (Å²) in [4.78, 5) is 0. The van der Waals surface area contributed by atoms with Crippen LogP contribution in [0.1, 0.15) is 43.7 Å². The van der Waals surface area contributed by atoms with Gasteiger partial charge in [0.15, 0.2) is 0 Å². The van der Waals surface area contributed by atoms with Crippen LogP contribution >= 0.6 is 0 Å². The van der Waals surface area contributed by atoms with E-state index in [4.69, 9.17) is 0 Å². The van der Waals surface area contributed by atoms with Crippen molar-refractivity contribution in [2.45, 2.75) is 52.0 Å². The van der Waals surface area contributed by atoms with Crippen LogP contribution in [0, 0.1) is 12.8 Å². The molecule has 0 radical (unpaired) electrons. The summed E-state index contributed by atoms with van der Waals surface area (Å²) in [5.74, 6) is 0.924. The second kappa shape index (κ2) is 6.20. The Morgan fingerprint density at radius 3 is 2.76 bits per heavy atom. The summed E-state index contributed by atoms with van der Waals surface area (Å²) in [7, 11) is 0. The first-order valence-corrected chi connectivity index (χ1v) is 7.04. The molecular weight excluding hydrogens is 206 g/mol. The zero-order valence-corrected chi connectivity index (χ0v) is 11.2. The maximum Gasteiger partial charge on any atom is 0.00671 e. The van der Waals surface area contributed by atoms with E-state index in [0.29, 0.717) is 6.04 Å². The standard InChI is InChI=1S/C16H25N/c1-13-6-5-7-15(12-13)10-11-17-14(2)16-8-3-4-9-16/h5-7,12,14,16-17H,3-4,8-11H2,1-2H3. The van der Waals surface area contributed by atoms with Crippen molar-refractivity contribution in [2.75, 3.05) is 6.54 Å². The predicted molar refractivity (Wildman–Crippen MR) is 74.3 cm³/mol. The molecule has 0 saturated heterocycles. The van der Waals surface area contributed by atoms with Crippen molar-refractivity contribution in [3.63, 3.8) is 0 Å². The molecule has 1 aromatic carbocycles. The molecule has 1 saturated carbocycles. The Labute approximate surface area is 106 Å². The van der Waals surface area contributed by atoms with E-state index in [1.807, 2.05) is 0 Å². The van der Waals surface area contributed by atoms with E-state index < -0.39 is 0 Å². The normalized spacial score (nSPS) is 18.5. The van der Waals surface area contributed by atoms with Crippen LogP contribution < -0.4 is 5.32 Å². The van der Waals surface area contributed by atoms with Gasteiger partial charge in [0.25, 0.3) is 0 Å². The van der Waals surface area contributed by atoms with Crippen molar-refractivity contribution in [2.24, 2.45) is 5.92 Å². The molecule has 1 unspecified atom stereocenters. The third-order valence-electron chi connectivity index (χ3n) is 4.07. The van der Waals surface area contributed by atoms with Crippen molar-refractivity contribution in [1.29, 1.82) is 0 Å². The number of rotatable bonds is 5. The largest absolute Gasteiger partial charge is 0.314 e. The van der Waals surface area contributed by atoms with Gasteiger partial charge in [-0.1, -0.05) is 42.7 Å². The Morgan fingerprint density at radius 2 is 2.06 bits per heavy atom. The molecule has 1 nitrogen and oxygen atoms in total. The third-order valence-corrected chi connectivity index (χ3v) is 4.07. The van der Waals surface area contributed by atoms with Gasteiger partial charge < -0.3 is 5.32 Å². The minimum absolute atomic E-state index is 0.697. The lowest BCUT2D eigenvalue weighted by atomic mass is 9.99. The second-order valence-corrected chi connectivity index (χ2v) is 5.53. The second-order valence-electron chi connectivity index (χ2n) is 5.53. The topological polar surface area (TPSA) is 12.0 Å². The number of aryl methyl sites for hydroxylation is 1. The average molecular weight is 231 g/mol. The summed E-state index contributed by atoms with van der Waals surface area (Å²) >= 11 is 0. The molecule has 1 fully saturated rings. The average Bonchev–Trinajstić information content (AvgIpc) is 2.82. The van der Waals surface area contributed by atoms with Crippen molar-refractivity contribution in [3.05, 3.63) is 35.4 Å². The molecule has 94 valence electrons. The van der Waals surface area contributed by atoms with Crippen molar-refractivity contribution in [1.82, 2.24) is 5.32 Å². The van der Waals surface area contributed by atoms with Gasteiger partial charge in [0.1, 0.15) is 0 Å². The van der Waals surface area contributed by atoms with E-state index in [1.54, 1.807) is 0 Å². The first kappa shape index (κ1) is 12.6. The number of hydrogen-bond acceptors (Lipinski definition) is 1.